The van der Waals surface area contributed by atoms with Gasteiger partial charge in [-0.2, -0.15) is 4.31 Å². The molecule has 1 unspecified atom stereocenters. The number of carbonyl (C=O) groups is 2. The summed E-state index contributed by atoms with van der Waals surface area (Å²) in [6.07, 6.45) is 2.22. The Bertz CT molecular complexity index is 1700. The molecule has 6 rings (SSSR count). The molecular formula is C27H29ClN6O5S2. The van der Waals surface area contributed by atoms with Crippen LogP contribution in [-0.4, -0.2) is 83.6 Å². The average molecular weight is 617 g/mol. The number of furan rings is 1. The lowest BCUT2D eigenvalue weighted by atomic mass is 10.1. The fourth-order valence-corrected chi connectivity index (χ4v) is 8.07. The van der Waals surface area contributed by atoms with Gasteiger partial charge < -0.3 is 24.5 Å². The SMILES string of the molecule is CN1CCc2nc(C(=O)N3CCN(S(=O)(=O)c4cc5cc(Cl)ccc5[nH]4)CC3CC(=O)NCc3ccco3)sc2C1. The highest BCUT2D eigenvalue weighted by Gasteiger charge is 2.39. The number of fused-ring (bicyclic) bond motifs is 2. The van der Waals surface area contributed by atoms with Crippen LogP contribution >= 0.6 is 22.9 Å². The van der Waals surface area contributed by atoms with Crippen molar-refractivity contribution in [3.8, 4) is 0 Å². The number of likely N-dealkylation sites (N-methyl/N-ethyl adjacent to an activating group) is 1. The Hall–Kier alpha value is -3.23. The lowest BCUT2D eigenvalue weighted by molar-refractivity contribution is -0.122. The van der Waals surface area contributed by atoms with E-state index in [1.807, 2.05) is 7.05 Å². The Morgan fingerprint density at radius 1 is 1.22 bits per heavy atom. The van der Waals surface area contributed by atoms with E-state index in [4.69, 9.17) is 16.0 Å². The molecule has 0 bridgehead atoms. The molecule has 0 saturated carbocycles. The molecule has 0 spiro atoms. The van der Waals surface area contributed by atoms with Gasteiger partial charge in [-0.3, -0.25) is 9.59 Å². The van der Waals surface area contributed by atoms with E-state index < -0.39 is 16.1 Å². The summed E-state index contributed by atoms with van der Waals surface area (Å²) in [5, 5.41) is 4.39. The number of nitrogens with zero attached hydrogens (tertiary/aromatic N) is 4. The number of hydrogen-bond acceptors (Lipinski definition) is 8. The standard InChI is InChI=1S/C27H29ClN6O5S2/c1-32-7-6-22-23(16-32)40-26(31-22)27(36)34-9-8-33(15-19(34)13-24(35)29-14-20-3-2-10-39-20)41(37,38)25-12-17-11-18(28)4-5-21(17)30-25/h2-5,10-12,19,30H,6-9,13-16H2,1H3,(H,29,35). The first-order valence-corrected chi connectivity index (χ1v) is 15.9. The van der Waals surface area contributed by atoms with Gasteiger partial charge in [-0.25, -0.2) is 13.4 Å². The van der Waals surface area contributed by atoms with Crippen molar-refractivity contribution in [1.29, 1.82) is 0 Å². The predicted octanol–water partition coefficient (Wildman–Crippen LogP) is 3.08. The van der Waals surface area contributed by atoms with E-state index in [1.54, 1.807) is 41.3 Å². The van der Waals surface area contributed by atoms with Crippen molar-refractivity contribution in [3.63, 3.8) is 0 Å². The van der Waals surface area contributed by atoms with Crippen molar-refractivity contribution in [2.45, 2.75) is 37.0 Å². The maximum atomic E-state index is 13.7. The molecule has 216 valence electrons. The summed E-state index contributed by atoms with van der Waals surface area (Å²) in [4.78, 5) is 39.2. The molecule has 1 saturated heterocycles. The summed E-state index contributed by atoms with van der Waals surface area (Å²) in [5.41, 5.74) is 1.58. The first-order chi connectivity index (χ1) is 19.7. The molecule has 4 aromatic rings. The molecule has 0 aliphatic carbocycles. The van der Waals surface area contributed by atoms with E-state index in [0.29, 0.717) is 26.7 Å². The molecule has 41 heavy (non-hydrogen) atoms. The highest BCUT2D eigenvalue weighted by atomic mass is 35.5. The Kier molecular flexibility index (Phi) is 7.64. The van der Waals surface area contributed by atoms with Crippen molar-refractivity contribution in [2.75, 3.05) is 33.2 Å². The third kappa shape index (κ3) is 5.77. The average Bonchev–Trinajstić information content (AvgIpc) is 3.71. The lowest BCUT2D eigenvalue weighted by Crippen LogP contribution is -2.57. The van der Waals surface area contributed by atoms with Crippen LogP contribution in [0.25, 0.3) is 10.9 Å². The molecule has 1 atom stereocenters. The summed E-state index contributed by atoms with van der Waals surface area (Å²) in [6, 6.07) is 9.45. The zero-order valence-corrected chi connectivity index (χ0v) is 24.7. The van der Waals surface area contributed by atoms with Crippen molar-refractivity contribution in [3.05, 3.63) is 69.0 Å². The molecule has 3 aromatic heterocycles. The van der Waals surface area contributed by atoms with Gasteiger partial charge in [0.15, 0.2) is 5.01 Å². The van der Waals surface area contributed by atoms with Crippen LogP contribution in [0.4, 0.5) is 0 Å². The Morgan fingerprint density at radius 3 is 2.88 bits per heavy atom. The van der Waals surface area contributed by atoms with Crippen LogP contribution in [-0.2, 0) is 34.3 Å². The number of aromatic amines is 1. The zero-order valence-electron chi connectivity index (χ0n) is 22.3. The van der Waals surface area contributed by atoms with Crippen LogP contribution in [0.2, 0.25) is 5.02 Å². The van der Waals surface area contributed by atoms with Gasteiger partial charge in [0.25, 0.3) is 15.9 Å². The number of H-pyrrole nitrogens is 1. The maximum Gasteiger partial charge on any atom is 0.283 e. The monoisotopic (exact) mass is 616 g/mol. The summed E-state index contributed by atoms with van der Waals surface area (Å²) in [5.74, 6) is -0.00618. The molecule has 2 aliphatic rings. The fourth-order valence-electron chi connectivity index (χ4n) is 5.26. The van der Waals surface area contributed by atoms with Crippen molar-refractivity contribution >= 4 is 55.7 Å². The number of carbonyl (C=O) groups excluding carboxylic acids is 2. The van der Waals surface area contributed by atoms with Gasteiger partial charge in [0, 0.05) is 66.4 Å². The molecule has 2 amide bonds. The summed E-state index contributed by atoms with van der Waals surface area (Å²) in [6.45, 7) is 1.98. The van der Waals surface area contributed by atoms with E-state index in [9.17, 15) is 18.0 Å². The number of amides is 2. The molecule has 2 aliphatic heterocycles. The molecular weight excluding hydrogens is 588 g/mol. The smallest absolute Gasteiger partial charge is 0.283 e. The minimum atomic E-state index is -3.94. The number of hydrogen-bond donors (Lipinski definition) is 2. The van der Waals surface area contributed by atoms with Crippen LogP contribution in [0.3, 0.4) is 0 Å². The number of rotatable bonds is 7. The Labute approximate surface area is 246 Å². The topological polar surface area (TPSA) is 132 Å². The number of thiazole rings is 1. The summed E-state index contributed by atoms with van der Waals surface area (Å²) in [7, 11) is -1.91. The number of sulfonamides is 1. The predicted molar refractivity (Wildman–Crippen MR) is 154 cm³/mol. The third-order valence-electron chi connectivity index (χ3n) is 7.45. The third-order valence-corrected chi connectivity index (χ3v) is 10.5. The quantitative estimate of drug-likeness (QED) is 0.326. The molecule has 14 heteroatoms. The van der Waals surface area contributed by atoms with Gasteiger partial charge in [-0.1, -0.05) is 11.6 Å². The molecule has 2 N–H and O–H groups in total. The van der Waals surface area contributed by atoms with Gasteiger partial charge in [0.1, 0.15) is 10.8 Å². The van der Waals surface area contributed by atoms with E-state index in [2.05, 4.69) is 20.2 Å². The zero-order chi connectivity index (χ0) is 28.7. The van der Waals surface area contributed by atoms with Gasteiger partial charge in [0.05, 0.1) is 24.5 Å². The van der Waals surface area contributed by atoms with Crippen LogP contribution in [0.5, 0.6) is 0 Å². The maximum absolute atomic E-state index is 13.7. The van der Waals surface area contributed by atoms with Crippen molar-refractivity contribution < 1.29 is 22.4 Å². The van der Waals surface area contributed by atoms with E-state index >= 15 is 0 Å². The van der Waals surface area contributed by atoms with Gasteiger partial charge in [-0.15, -0.1) is 11.3 Å². The molecule has 0 radical (unpaired) electrons. The van der Waals surface area contributed by atoms with E-state index in [0.717, 1.165) is 30.1 Å². The first-order valence-electron chi connectivity index (χ1n) is 13.2. The summed E-state index contributed by atoms with van der Waals surface area (Å²) < 4.78 is 34.0. The minimum Gasteiger partial charge on any atom is -0.467 e. The number of benzene rings is 1. The van der Waals surface area contributed by atoms with Crippen LogP contribution in [0.1, 0.15) is 32.6 Å². The second-order valence-electron chi connectivity index (χ2n) is 10.3. The van der Waals surface area contributed by atoms with Gasteiger partial charge in [0.2, 0.25) is 5.91 Å². The number of nitrogens with one attached hydrogen (secondary N) is 2. The van der Waals surface area contributed by atoms with Gasteiger partial charge >= 0.3 is 0 Å². The first kappa shape index (κ1) is 27.9. The molecule has 1 fully saturated rings. The summed E-state index contributed by atoms with van der Waals surface area (Å²) >= 11 is 7.46. The molecule has 11 nitrogen and oxygen atoms in total. The van der Waals surface area contributed by atoms with Crippen LogP contribution in [0.15, 0.2) is 52.1 Å². The second kappa shape index (κ2) is 11.2. The number of piperazine rings is 1. The van der Waals surface area contributed by atoms with Crippen molar-refractivity contribution in [2.24, 2.45) is 0 Å². The highest BCUT2D eigenvalue weighted by Crippen LogP contribution is 2.29. The number of aromatic nitrogens is 2. The normalized spacial score (nSPS) is 18.5. The fraction of sp³-hybridized carbons (Fsp3) is 0.370. The highest BCUT2D eigenvalue weighted by molar-refractivity contribution is 7.89. The molecule has 5 heterocycles. The molecule has 1 aromatic carbocycles. The second-order valence-corrected chi connectivity index (χ2v) is 13.7. The van der Waals surface area contributed by atoms with Gasteiger partial charge in [-0.05, 0) is 43.4 Å². The van der Waals surface area contributed by atoms with E-state index in [1.165, 1.54) is 21.9 Å². The van der Waals surface area contributed by atoms with Crippen LogP contribution < -0.4 is 5.32 Å². The largest absolute Gasteiger partial charge is 0.467 e. The van der Waals surface area contributed by atoms with Crippen LogP contribution in [0, 0.1) is 0 Å². The van der Waals surface area contributed by atoms with Crippen molar-refractivity contribution in [1.82, 2.24) is 29.4 Å². The Balaban J connectivity index is 1.24. The minimum absolute atomic E-state index is 0.0345. The number of halogens is 1. The van der Waals surface area contributed by atoms with E-state index in [-0.39, 0.29) is 49.4 Å². The Morgan fingerprint density at radius 2 is 2.07 bits per heavy atom. The lowest BCUT2D eigenvalue weighted by Gasteiger charge is -2.40.